The molecule has 5 aliphatic rings. The maximum atomic E-state index is 13.5. The summed E-state index contributed by atoms with van der Waals surface area (Å²) in [6.45, 7) is 12.2. The summed E-state index contributed by atoms with van der Waals surface area (Å²) < 4.78 is 18.1. The summed E-state index contributed by atoms with van der Waals surface area (Å²) in [5, 5.41) is 9.55. The fourth-order valence-electron chi connectivity index (χ4n) is 9.20. The van der Waals surface area contributed by atoms with Gasteiger partial charge in [0.15, 0.2) is 5.78 Å². The molecule has 1 N–H and O–H groups in total. The molecule has 0 aromatic heterocycles. The molecule has 37 heavy (non-hydrogen) atoms. The van der Waals surface area contributed by atoms with Crippen molar-refractivity contribution >= 4 is 17.7 Å². The molecule has 3 aliphatic carbocycles. The number of aliphatic hydroxyl groups excluding tert-OH is 1. The number of carbonyl (C=O) groups is 3. The Balaban J connectivity index is 1.40. The molecule has 7 nitrogen and oxygen atoms in total. The average molecular weight is 515 g/mol. The van der Waals surface area contributed by atoms with Gasteiger partial charge in [0.2, 0.25) is 0 Å². The first-order chi connectivity index (χ1) is 17.4. The highest BCUT2D eigenvalue weighted by atomic mass is 16.6. The average Bonchev–Trinajstić information content (AvgIpc) is 3.19. The van der Waals surface area contributed by atoms with E-state index in [0.717, 1.165) is 31.3 Å². The zero-order valence-corrected chi connectivity index (χ0v) is 23.0. The molecular formula is C30H42O7. The lowest BCUT2D eigenvalue weighted by atomic mass is 9.46. The van der Waals surface area contributed by atoms with Gasteiger partial charge in [-0.3, -0.25) is 9.59 Å². The van der Waals surface area contributed by atoms with Crippen LogP contribution in [0.1, 0.15) is 73.6 Å². The van der Waals surface area contributed by atoms with Gasteiger partial charge in [0.25, 0.3) is 0 Å². The van der Waals surface area contributed by atoms with Gasteiger partial charge in [0.1, 0.15) is 17.8 Å². The van der Waals surface area contributed by atoms with Gasteiger partial charge >= 0.3 is 11.9 Å². The van der Waals surface area contributed by atoms with Crippen LogP contribution in [0.4, 0.5) is 0 Å². The summed E-state index contributed by atoms with van der Waals surface area (Å²) in [5.74, 6) is 0.718. The van der Waals surface area contributed by atoms with Crippen molar-refractivity contribution in [2.75, 3.05) is 13.2 Å². The van der Waals surface area contributed by atoms with Crippen LogP contribution in [0, 0.1) is 40.4 Å². The van der Waals surface area contributed by atoms with Crippen LogP contribution >= 0.6 is 0 Å². The monoisotopic (exact) mass is 514 g/mol. The van der Waals surface area contributed by atoms with Crippen LogP contribution in [-0.2, 0) is 28.6 Å². The smallest absolute Gasteiger partial charge is 0.336 e. The summed E-state index contributed by atoms with van der Waals surface area (Å²) in [7, 11) is 0. The Morgan fingerprint density at radius 2 is 1.92 bits per heavy atom. The van der Waals surface area contributed by atoms with Gasteiger partial charge in [-0.1, -0.05) is 19.4 Å². The van der Waals surface area contributed by atoms with Gasteiger partial charge in [-0.05, 0) is 93.6 Å². The van der Waals surface area contributed by atoms with Crippen molar-refractivity contribution in [3.63, 3.8) is 0 Å². The van der Waals surface area contributed by atoms with E-state index in [1.54, 1.807) is 12.2 Å². The molecule has 0 bridgehead atoms. The summed E-state index contributed by atoms with van der Waals surface area (Å²) in [6, 6.07) is 0. The van der Waals surface area contributed by atoms with Crippen LogP contribution in [0.2, 0.25) is 0 Å². The van der Waals surface area contributed by atoms with Gasteiger partial charge in [-0.2, -0.15) is 0 Å². The third kappa shape index (κ3) is 3.70. The standard InChI is InChI=1S/C30H42O7/c1-16-13-24(37-27(34)19(16)14-31)17(2)21-7-8-22-20-15-35-30(6)26(36-18(3)32)10-9-25(33)29(30,5)23(20)11-12-28(21,22)4/h9-10,17,20-24,26,31H,7-8,11-15H2,1-6H3/t17-,20?,21?,22?,23?,24?,26+,28+,29-,30-/m0/s1. The van der Waals surface area contributed by atoms with Crippen molar-refractivity contribution < 1.29 is 33.7 Å². The van der Waals surface area contributed by atoms with Crippen LogP contribution in [-0.4, -0.2) is 53.9 Å². The Labute approximate surface area is 220 Å². The molecule has 0 aromatic carbocycles. The minimum Gasteiger partial charge on any atom is -0.458 e. The molecule has 3 fully saturated rings. The molecule has 0 radical (unpaired) electrons. The van der Waals surface area contributed by atoms with Gasteiger partial charge < -0.3 is 19.3 Å². The van der Waals surface area contributed by atoms with Crippen molar-refractivity contribution in [1.82, 2.24) is 0 Å². The Bertz CT molecular complexity index is 1060. The molecule has 10 atom stereocenters. The first-order valence-electron chi connectivity index (χ1n) is 13.9. The van der Waals surface area contributed by atoms with Crippen molar-refractivity contribution in [2.45, 2.75) is 91.5 Å². The number of fused-ring (bicyclic) bond motifs is 5. The van der Waals surface area contributed by atoms with Gasteiger partial charge in [-0.15, -0.1) is 0 Å². The van der Waals surface area contributed by atoms with Crippen molar-refractivity contribution in [3.8, 4) is 0 Å². The Morgan fingerprint density at radius 1 is 1.19 bits per heavy atom. The minimum atomic E-state index is -0.894. The van der Waals surface area contributed by atoms with E-state index < -0.39 is 17.1 Å². The maximum absolute atomic E-state index is 13.5. The molecule has 2 heterocycles. The van der Waals surface area contributed by atoms with Crippen molar-refractivity contribution in [3.05, 3.63) is 23.3 Å². The summed E-state index contributed by atoms with van der Waals surface area (Å²) in [5.41, 5.74) is -0.267. The summed E-state index contributed by atoms with van der Waals surface area (Å²) in [6.07, 6.45) is 7.25. The molecule has 2 saturated carbocycles. The topological polar surface area (TPSA) is 99.1 Å². The van der Waals surface area contributed by atoms with E-state index in [2.05, 4.69) is 13.8 Å². The predicted octanol–water partition coefficient (Wildman–Crippen LogP) is 4.17. The summed E-state index contributed by atoms with van der Waals surface area (Å²) in [4.78, 5) is 37.9. The van der Waals surface area contributed by atoms with E-state index >= 15 is 0 Å². The molecule has 5 unspecified atom stereocenters. The molecule has 2 aliphatic heterocycles. The number of cyclic esters (lactones) is 1. The number of ketones is 1. The van der Waals surface area contributed by atoms with E-state index in [1.165, 1.54) is 6.92 Å². The molecule has 0 spiro atoms. The van der Waals surface area contributed by atoms with Crippen LogP contribution in [0.15, 0.2) is 23.3 Å². The lowest BCUT2D eigenvalue weighted by Crippen LogP contribution is -2.69. The van der Waals surface area contributed by atoms with E-state index in [1.807, 2.05) is 20.8 Å². The second-order valence-electron chi connectivity index (χ2n) is 12.9. The fraction of sp³-hybridized carbons (Fsp3) is 0.767. The minimum absolute atomic E-state index is 0.0655. The first kappa shape index (κ1) is 26.6. The lowest BCUT2D eigenvalue weighted by Gasteiger charge is -2.63. The zero-order chi connectivity index (χ0) is 26.9. The molecule has 0 amide bonds. The van der Waals surface area contributed by atoms with Crippen LogP contribution in [0.3, 0.4) is 0 Å². The molecule has 0 aromatic rings. The predicted molar refractivity (Wildman–Crippen MR) is 136 cm³/mol. The van der Waals surface area contributed by atoms with Gasteiger partial charge in [-0.25, -0.2) is 4.79 Å². The third-order valence-corrected chi connectivity index (χ3v) is 11.5. The number of esters is 2. The highest BCUT2D eigenvalue weighted by molar-refractivity contribution is 5.97. The van der Waals surface area contributed by atoms with Crippen LogP contribution in [0.25, 0.3) is 0 Å². The van der Waals surface area contributed by atoms with Gasteiger partial charge in [0, 0.05) is 13.3 Å². The number of allylic oxidation sites excluding steroid dienone is 1. The summed E-state index contributed by atoms with van der Waals surface area (Å²) >= 11 is 0. The first-order valence-corrected chi connectivity index (χ1v) is 13.9. The largest absolute Gasteiger partial charge is 0.458 e. The SMILES string of the molecule is CC(=O)O[C@@H]1C=CC(=O)[C@]2(C)C3CC[C@@]4(C)C(CCC4[C@H](C)C4CC(C)=C(CO)C(=O)O4)C3CO[C@@]12C. The Morgan fingerprint density at radius 3 is 2.57 bits per heavy atom. The number of rotatable bonds is 4. The Hall–Kier alpha value is -1.99. The zero-order valence-electron chi connectivity index (χ0n) is 23.0. The van der Waals surface area contributed by atoms with E-state index in [4.69, 9.17) is 14.2 Å². The Kier molecular flexibility index (Phi) is 6.51. The second kappa shape index (κ2) is 9.04. The molecule has 5 rings (SSSR count). The fourth-order valence-corrected chi connectivity index (χ4v) is 9.20. The highest BCUT2D eigenvalue weighted by Gasteiger charge is 2.69. The lowest BCUT2D eigenvalue weighted by molar-refractivity contribution is -0.258. The number of carbonyl (C=O) groups excluding carboxylic acids is 3. The number of aliphatic hydroxyl groups is 1. The number of ether oxygens (including phenoxy) is 3. The van der Waals surface area contributed by atoms with Crippen LogP contribution < -0.4 is 0 Å². The van der Waals surface area contributed by atoms with Crippen molar-refractivity contribution in [2.24, 2.45) is 40.4 Å². The van der Waals surface area contributed by atoms with Crippen LogP contribution in [0.5, 0.6) is 0 Å². The molecule has 7 heteroatoms. The van der Waals surface area contributed by atoms with E-state index in [0.29, 0.717) is 30.4 Å². The molecule has 1 saturated heterocycles. The quantitative estimate of drug-likeness (QED) is 0.562. The highest BCUT2D eigenvalue weighted by Crippen LogP contribution is 2.67. The van der Waals surface area contributed by atoms with E-state index in [-0.39, 0.29) is 53.6 Å². The molecular weight excluding hydrogens is 472 g/mol. The van der Waals surface area contributed by atoms with Gasteiger partial charge in [0.05, 0.1) is 24.2 Å². The van der Waals surface area contributed by atoms with Crippen molar-refractivity contribution in [1.29, 1.82) is 0 Å². The number of hydrogen-bond donors (Lipinski definition) is 1. The normalized spacial score (nSPS) is 46.0. The second-order valence-corrected chi connectivity index (χ2v) is 12.9. The maximum Gasteiger partial charge on any atom is 0.336 e. The molecule has 204 valence electrons. The third-order valence-electron chi connectivity index (χ3n) is 11.5. The van der Waals surface area contributed by atoms with E-state index in [9.17, 15) is 19.5 Å². The number of hydrogen-bond acceptors (Lipinski definition) is 7.